The van der Waals surface area contributed by atoms with Gasteiger partial charge in [0.05, 0.1) is 10.9 Å². The summed E-state index contributed by atoms with van der Waals surface area (Å²) in [6.45, 7) is 10.3. The maximum atomic E-state index is 14.5. The molecule has 3 rings (SSSR count). The zero-order valence-electron chi connectivity index (χ0n) is 15.9. The Labute approximate surface area is 152 Å². The molecular weight excluding hydrogens is 329 g/mol. The third kappa shape index (κ3) is 3.17. The molecule has 26 heavy (non-hydrogen) atoms. The van der Waals surface area contributed by atoms with Crippen LogP contribution in [0.25, 0.3) is 22.3 Å². The average Bonchev–Trinajstić information content (AvgIpc) is 2.58. The van der Waals surface area contributed by atoms with Gasteiger partial charge in [0.1, 0.15) is 17.2 Å². The molecule has 136 valence electrons. The van der Waals surface area contributed by atoms with E-state index < -0.39 is 0 Å². The second-order valence-electron chi connectivity index (χ2n) is 6.88. The highest BCUT2D eigenvalue weighted by Gasteiger charge is 2.20. The van der Waals surface area contributed by atoms with Gasteiger partial charge in [-0.15, -0.1) is 0 Å². The summed E-state index contributed by atoms with van der Waals surface area (Å²) in [4.78, 5) is 13.0. The lowest BCUT2D eigenvalue weighted by molar-refractivity contribution is 0.562. The van der Waals surface area contributed by atoms with Crippen LogP contribution in [0.3, 0.4) is 0 Å². The van der Waals surface area contributed by atoms with Crippen molar-refractivity contribution in [3.8, 4) is 11.3 Å². The van der Waals surface area contributed by atoms with Gasteiger partial charge < -0.3 is 9.73 Å². The molecule has 0 radical (unpaired) electrons. The maximum absolute atomic E-state index is 14.5. The standard InChI is InChI=1S/C22H24FNO2/c1-6-24-15(5)17-9-13(3)10-18-20(25)14(4)21(26-22(17)18)16-8-7-12(2)11-19(16)23/h7-11,15,24H,6H2,1-5H3. The number of halogens is 1. The molecule has 0 saturated carbocycles. The summed E-state index contributed by atoms with van der Waals surface area (Å²) in [7, 11) is 0. The number of nitrogens with one attached hydrogen (secondary N) is 1. The molecule has 0 aliphatic carbocycles. The lowest BCUT2D eigenvalue weighted by Crippen LogP contribution is -2.19. The van der Waals surface area contributed by atoms with Crippen LogP contribution in [0.4, 0.5) is 4.39 Å². The normalized spacial score (nSPS) is 12.5. The van der Waals surface area contributed by atoms with Crippen LogP contribution >= 0.6 is 0 Å². The van der Waals surface area contributed by atoms with Crippen LogP contribution in [0.5, 0.6) is 0 Å². The highest BCUT2D eigenvalue weighted by Crippen LogP contribution is 2.32. The molecule has 0 bridgehead atoms. The summed E-state index contributed by atoms with van der Waals surface area (Å²) in [5.74, 6) is -0.0854. The largest absolute Gasteiger partial charge is 0.455 e. The van der Waals surface area contributed by atoms with Crippen LogP contribution in [-0.4, -0.2) is 6.54 Å². The minimum atomic E-state index is -0.385. The second-order valence-corrected chi connectivity index (χ2v) is 6.88. The summed E-state index contributed by atoms with van der Waals surface area (Å²) in [5.41, 5.74) is 3.88. The molecule has 1 unspecified atom stereocenters. The third-order valence-corrected chi connectivity index (χ3v) is 4.74. The predicted octanol–water partition coefficient (Wildman–Crippen LogP) is 5.19. The number of fused-ring (bicyclic) bond motifs is 1. The van der Waals surface area contributed by atoms with Crippen LogP contribution in [0.1, 0.15) is 42.1 Å². The lowest BCUT2D eigenvalue weighted by atomic mass is 9.98. The Morgan fingerprint density at radius 2 is 1.85 bits per heavy atom. The van der Waals surface area contributed by atoms with Crippen molar-refractivity contribution in [3.63, 3.8) is 0 Å². The van der Waals surface area contributed by atoms with E-state index in [-0.39, 0.29) is 17.3 Å². The summed E-state index contributed by atoms with van der Waals surface area (Å²) >= 11 is 0. The van der Waals surface area contributed by atoms with Crippen LogP contribution < -0.4 is 10.7 Å². The average molecular weight is 353 g/mol. The zero-order chi connectivity index (χ0) is 19.0. The monoisotopic (exact) mass is 353 g/mol. The minimum Gasteiger partial charge on any atom is -0.455 e. The molecule has 0 amide bonds. The lowest BCUT2D eigenvalue weighted by Gasteiger charge is -2.17. The number of benzene rings is 2. The van der Waals surface area contributed by atoms with Crippen LogP contribution in [-0.2, 0) is 0 Å². The first-order chi connectivity index (χ1) is 12.3. The van der Waals surface area contributed by atoms with E-state index in [1.807, 2.05) is 45.9 Å². The Morgan fingerprint density at radius 1 is 1.12 bits per heavy atom. The van der Waals surface area contributed by atoms with Gasteiger partial charge in [-0.3, -0.25) is 4.79 Å². The maximum Gasteiger partial charge on any atom is 0.196 e. The molecule has 0 spiro atoms. The van der Waals surface area contributed by atoms with Gasteiger partial charge in [-0.25, -0.2) is 4.39 Å². The van der Waals surface area contributed by atoms with Gasteiger partial charge in [-0.2, -0.15) is 0 Å². The van der Waals surface area contributed by atoms with E-state index in [2.05, 4.69) is 5.32 Å². The van der Waals surface area contributed by atoms with Crippen molar-refractivity contribution in [1.29, 1.82) is 0 Å². The van der Waals surface area contributed by atoms with E-state index in [4.69, 9.17) is 4.42 Å². The van der Waals surface area contributed by atoms with Crippen LogP contribution in [0, 0.1) is 26.6 Å². The molecule has 1 aromatic heterocycles. The quantitative estimate of drug-likeness (QED) is 0.701. The first kappa shape index (κ1) is 18.3. The Bertz CT molecular complexity index is 1040. The van der Waals surface area contributed by atoms with E-state index in [0.717, 1.165) is 23.2 Å². The van der Waals surface area contributed by atoms with Gasteiger partial charge in [-0.05, 0) is 63.6 Å². The first-order valence-corrected chi connectivity index (χ1v) is 8.91. The molecule has 3 nitrogen and oxygen atoms in total. The van der Waals surface area contributed by atoms with Gasteiger partial charge in [0.15, 0.2) is 5.43 Å². The van der Waals surface area contributed by atoms with E-state index in [9.17, 15) is 9.18 Å². The highest BCUT2D eigenvalue weighted by molar-refractivity contribution is 5.84. The Kier molecular flexibility index (Phi) is 4.97. The Hall–Kier alpha value is -2.46. The molecular formula is C22H24FNO2. The van der Waals surface area contributed by atoms with Crippen molar-refractivity contribution in [2.24, 2.45) is 0 Å². The highest BCUT2D eigenvalue weighted by atomic mass is 19.1. The fourth-order valence-corrected chi connectivity index (χ4v) is 3.37. The fourth-order valence-electron chi connectivity index (χ4n) is 3.37. The van der Waals surface area contributed by atoms with Crippen molar-refractivity contribution in [1.82, 2.24) is 5.32 Å². The molecule has 0 aliphatic rings. The van der Waals surface area contributed by atoms with Gasteiger partial charge in [0, 0.05) is 17.2 Å². The molecule has 1 atom stereocenters. The SMILES string of the molecule is CCNC(C)c1cc(C)cc2c(=O)c(C)c(-c3ccc(C)cc3F)oc12. The van der Waals surface area contributed by atoms with Gasteiger partial charge in [-0.1, -0.05) is 19.1 Å². The van der Waals surface area contributed by atoms with Gasteiger partial charge >= 0.3 is 0 Å². The summed E-state index contributed by atoms with van der Waals surface area (Å²) in [6, 6.07) is 8.82. The topological polar surface area (TPSA) is 42.2 Å². The van der Waals surface area contributed by atoms with Crippen LogP contribution in [0.2, 0.25) is 0 Å². The fraction of sp³-hybridized carbons (Fsp3) is 0.318. The molecule has 4 heteroatoms. The Balaban J connectivity index is 2.36. The smallest absolute Gasteiger partial charge is 0.196 e. The Morgan fingerprint density at radius 3 is 2.50 bits per heavy atom. The van der Waals surface area contributed by atoms with Crippen molar-refractivity contribution in [2.45, 2.75) is 40.7 Å². The predicted molar refractivity (Wildman–Crippen MR) is 104 cm³/mol. The number of hydrogen-bond acceptors (Lipinski definition) is 3. The van der Waals surface area contributed by atoms with Gasteiger partial charge in [0.2, 0.25) is 0 Å². The third-order valence-electron chi connectivity index (χ3n) is 4.74. The first-order valence-electron chi connectivity index (χ1n) is 8.91. The second kappa shape index (κ2) is 7.04. The molecule has 2 aromatic carbocycles. The number of rotatable bonds is 4. The van der Waals surface area contributed by atoms with E-state index in [1.165, 1.54) is 6.07 Å². The molecule has 3 aromatic rings. The van der Waals surface area contributed by atoms with Crippen molar-refractivity contribution < 1.29 is 8.81 Å². The molecule has 1 heterocycles. The summed E-state index contributed by atoms with van der Waals surface area (Å²) in [5, 5.41) is 3.90. The minimum absolute atomic E-state index is 0.0176. The van der Waals surface area contributed by atoms with E-state index in [0.29, 0.717) is 27.9 Å². The van der Waals surface area contributed by atoms with E-state index >= 15 is 0 Å². The van der Waals surface area contributed by atoms with Crippen molar-refractivity contribution in [3.05, 3.63) is 68.6 Å². The van der Waals surface area contributed by atoms with Crippen molar-refractivity contribution in [2.75, 3.05) is 6.54 Å². The van der Waals surface area contributed by atoms with Gasteiger partial charge in [0.25, 0.3) is 0 Å². The molecule has 0 saturated heterocycles. The van der Waals surface area contributed by atoms with Crippen LogP contribution in [0.15, 0.2) is 39.5 Å². The molecule has 0 aliphatic heterocycles. The van der Waals surface area contributed by atoms with Crippen molar-refractivity contribution >= 4 is 11.0 Å². The molecule has 1 N–H and O–H groups in total. The number of aryl methyl sites for hydroxylation is 2. The van der Waals surface area contributed by atoms with E-state index in [1.54, 1.807) is 13.0 Å². The number of hydrogen-bond donors (Lipinski definition) is 1. The summed E-state index contributed by atoms with van der Waals surface area (Å²) < 4.78 is 20.7. The summed E-state index contributed by atoms with van der Waals surface area (Å²) in [6.07, 6.45) is 0. The zero-order valence-corrected chi connectivity index (χ0v) is 15.9. The molecule has 0 fully saturated rings.